The summed E-state index contributed by atoms with van der Waals surface area (Å²) < 4.78 is 39.1. The van der Waals surface area contributed by atoms with E-state index in [0.29, 0.717) is 24.5 Å². The lowest BCUT2D eigenvalue weighted by molar-refractivity contribution is -0.0879. The highest BCUT2D eigenvalue weighted by molar-refractivity contribution is 7.16. The summed E-state index contributed by atoms with van der Waals surface area (Å²) in [4.78, 5) is 20.0. The average Bonchev–Trinajstić information content (AvgIpc) is 3.44. The van der Waals surface area contributed by atoms with Crippen molar-refractivity contribution in [2.24, 2.45) is 11.8 Å². The van der Waals surface area contributed by atoms with E-state index in [2.05, 4.69) is 37.9 Å². The zero-order valence-electron chi connectivity index (χ0n) is 19.6. The number of rotatable bonds is 10. The van der Waals surface area contributed by atoms with Gasteiger partial charge in [0.15, 0.2) is 0 Å². The molecule has 0 radical (unpaired) electrons. The molecule has 0 aromatic carbocycles. The van der Waals surface area contributed by atoms with E-state index < -0.39 is 11.7 Å². The third-order valence-corrected chi connectivity index (χ3v) is 7.28. The van der Waals surface area contributed by atoms with Crippen LogP contribution in [0.3, 0.4) is 0 Å². The van der Waals surface area contributed by atoms with E-state index in [1.807, 2.05) is 4.90 Å². The number of urea groups is 1. The van der Waals surface area contributed by atoms with E-state index in [-0.39, 0.29) is 17.8 Å². The first-order valence-electron chi connectivity index (χ1n) is 12.1. The van der Waals surface area contributed by atoms with Crippen molar-refractivity contribution < 1.29 is 18.0 Å². The summed E-state index contributed by atoms with van der Waals surface area (Å²) in [5.41, 5.74) is -0.862. The molecule has 5 nitrogen and oxygen atoms in total. The molecule has 4 atom stereocenters. The lowest BCUT2D eigenvalue weighted by Crippen LogP contribution is -2.52. The fraction of sp³-hybridized carbons (Fsp3) is 0.708. The Labute approximate surface area is 198 Å². The van der Waals surface area contributed by atoms with E-state index >= 15 is 0 Å². The van der Waals surface area contributed by atoms with Crippen molar-refractivity contribution in [3.63, 3.8) is 0 Å². The SMILES string of the molecule is C=C(/C=C(\C=C/CP)NC(=O)N(CCN1CCN(CCC)CC1)C1CCC2CC21)C(F)(F)F. The average molecular weight is 487 g/mol. The summed E-state index contributed by atoms with van der Waals surface area (Å²) in [6.45, 7) is 11.9. The number of amides is 2. The Morgan fingerprint density at radius 1 is 1.18 bits per heavy atom. The minimum absolute atomic E-state index is 0.119. The van der Waals surface area contributed by atoms with E-state index in [4.69, 9.17) is 0 Å². The Balaban J connectivity index is 1.65. The molecule has 33 heavy (non-hydrogen) atoms. The third kappa shape index (κ3) is 7.56. The highest BCUT2D eigenvalue weighted by atomic mass is 31.0. The van der Waals surface area contributed by atoms with Crippen molar-refractivity contribution in [2.45, 2.75) is 44.8 Å². The van der Waals surface area contributed by atoms with Crippen LogP contribution in [0.4, 0.5) is 18.0 Å². The van der Waals surface area contributed by atoms with Crippen LogP contribution < -0.4 is 5.32 Å². The summed E-state index contributed by atoms with van der Waals surface area (Å²) >= 11 is 0. The smallest absolute Gasteiger partial charge is 0.320 e. The van der Waals surface area contributed by atoms with Gasteiger partial charge in [0.05, 0.1) is 5.57 Å². The molecule has 0 aromatic heterocycles. The van der Waals surface area contributed by atoms with Gasteiger partial charge < -0.3 is 15.1 Å². The van der Waals surface area contributed by atoms with Gasteiger partial charge in [-0.1, -0.05) is 19.6 Å². The van der Waals surface area contributed by atoms with Crippen LogP contribution in [0.1, 0.15) is 32.6 Å². The number of hydrogen-bond acceptors (Lipinski definition) is 3. The van der Waals surface area contributed by atoms with Crippen molar-refractivity contribution >= 4 is 15.3 Å². The molecule has 1 heterocycles. The number of nitrogens with zero attached hydrogens (tertiary/aromatic N) is 3. The van der Waals surface area contributed by atoms with Crippen molar-refractivity contribution in [2.75, 3.05) is 52.0 Å². The quantitative estimate of drug-likeness (QED) is 0.371. The molecule has 9 heteroatoms. The molecule has 1 N–H and O–H groups in total. The highest BCUT2D eigenvalue weighted by Gasteiger charge is 2.51. The van der Waals surface area contributed by atoms with Gasteiger partial charge in [0.25, 0.3) is 0 Å². The molecule has 0 aromatic rings. The van der Waals surface area contributed by atoms with Crippen LogP contribution >= 0.6 is 9.24 Å². The number of halogens is 3. The number of piperazine rings is 1. The van der Waals surface area contributed by atoms with Crippen molar-refractivity contribution in [1.82, 2.24) is 20.0 Å². The lowest BCUT2D eigenvalue weighted by Gasteiger charge is -2.37. The highest BCUT2D eigenvalue weighted by Crippen LogP contribution is 2.53. The maximum Gasteiger partial charge on any atom is 0.415 e. The van der Waals surface area contributed by atoms with Crippen LogP contribution in [0.25, 0.3) is 0 Å². The molecular weight excluding hydrogens is 448 g/mol. The molecule has 1 aliphatic heterocycles. The predicted octanol–water partition coefficient (Wildman–Crippen LogP) is 4.26. The summed E-state index contributed by atoms with van der Waals surface area (Å²) in [6, 6.07) is -0.138. The van der Waals surface area contributed by atoms with Gasteiger partial charge in [-0.15, -0.1) is 9.24 Å². The maximum atomic E-state index is 13.3. The summed E-state index contributed by atoms with van der Waals surface area (Å²) in [6.07, 6.45) is 4.59. The Morgan fingerprint density at radius 2 is 1.85 bits per heavy atom. The van der Waals surface area contributed by atoms with Crippen LogP contribution in [0, 0.1) is 11.8 Å². The fourth-order valence-electron chi connectivity index (χ4n) is 5.07. The number of hydrogen-bond donors (Lipinski definition) is 1. The van der Waals surface area contributed by atoms with Gasteiger partial charge in [0, 0.05) is 51.0 Å². The zero-order chi connectivity index (χ0) is 24.0. The van der Waals surface area contributed by atoms with Gasteiger partial charge in [-0.05, 0) is 62.4 Å². The predicted molar refractivity (Wildman–Crippen MR) is 130 cm³/mol. The first-order valence-corrected chi connectivity index (χ1v) is 12.9. The Kier molecular flexibility index (Phi) is 9.42. The number of alkyl halides is 3. The van der Waals surface area contributed by atoms with Gasteiger partial charge in [0.1, 0.15) is 0 Å². The van der Waals surface area contributed by atoms with Gasteiger partial charge >= 0.3 is 12.2 Å². The summed E-state index contributed by atoms with van der Waals surface area (Å²) in [5.74, 6) is 1.25. The maximum absolute atomic E-state index is 13.3. The first kappa shape index (κ1) is 26.2. The number of fused-ring (bicyclic) bond motifs is 1. The molecule has 3 fully saturated rings. The van der Waals surface area contributed by atoms with Crippen molar-refractivity contribution in [1.29, 1.82) is 0 Å². The minimum Gasteiger partial charge on any atom is -0.320 e. The molecule has 186 valence electrons. The largest absolute Gasteiger partial charge is 0.415 e. The summed E-state index contributed by atoms with van der Waals surface area (Å²) in [5, 5.41) is 2.75. The molecule has 2 saturated carbocycles. The summed E-state index contributed by atoms with van der Waals surface area (Å²) in [7, 11) is 2.49. The van der Waals surface area contributed by atoms with Crippen LogP contribution in [0.5, 0.6) is 0 Å². The van der Waals surface area contributed by atoms with E-state index in [1.54, 1.807) is 6.08 Å². The lowest BCUT2D eigenvalue weighted by atomic mass is 10.1. The van der Waals surface area contributed by atoms with Crippen LogP contribution in [0.15, 0.2) is 36.1 Å². The van der Waals surface area contributed by atoms with Gasteiger partial charge in [-0.25, -0.2) is 4.79 Å². The molecule has 0 bridgehead atoms. The second-order valence-electron chi connectivity index (χ2n) is 9.37. The van der Waals surface area contributed by atoms with Gasteiger partial charge in [-0.2, -0.15) is 13.2 Å². The van der Waals surface area contributed by atoms with Crippen molar-refractivity contribution in [3.8, 4) is 0 Å². The Morgan fingerprint density at radius 3 is 2.36 bits per heavy atom. The van der Waals surface area contributed by atoms with Gasteiger partial charge in [-0.3, -0.25) is 4.90 Å². The number of carbonyl (C=O) groups is 1. The second kappa shape index (κ2) is 11.9. The third-order valence-electron chi connectivity index (χ3n) is 7.01. The van der Waals surface area contributed by atoms with Crippen LogP contribution in [-0.4, -0.2) is 84.9 Å². The molecule has 3 rings (SSSR count). The molecule has 2 amide bonds. The number of allylic oxidation sites excluding steroid dienone is 4. The van der Waals surface area contributed by atoms with E-state index in [9.17, 15) is 18.0 Å². The van der Waals surface area contributed by atoms with Gasteiger partial charge in [0.2, 0.25) is 0 Å². The van der Waals surface area contributed by atoms with Crippen LogP contribution in [-0.2, 0) is 0 Å². The molecule has 2 aliphatic carbocycles. The standard InChI is InChI=1S/C24H38F3N4OP/c1-3-8-29-9-11-30(12-10-29)13-14-31(22-7-6-19-17-21(19)22)23(32)28-20(5-4-15-33)16-18(2)24(25,26)27/h4-5,16,19,21-22H,2-3,6-15,17,33H2,1H3,(H,28,32)/b5-4-,20-16+. The zero-order valence-corrected chi connectivity index (χ0v) is 20.8. The fourth-order valence-corrected chi connectivity index (χ4v) is 5.20. The van der Waals surface area contributed by atoms with Crippen LogP contribution in [0.2, 0.25) is 0 Å². The Bertz CT molecular complexity index is 746. The molecule has 4 unspecified atom stereocenters. The monoisotopic (exact) mass is 486 g/mol. The molecule has 3 aliphatic rings. The van der Waals surface area contributed by atoms with E-state index in [1.165, 1.54) is 6.08 Å². The minimum atomic E-state index is -4.53. The Hall–Kier alpha value is -1.37. The van der Waals surface area contributed by atoms with Crippen molar-refractivity contribution in [3.05, 3.63) is 36.1 Å². The number of nitrogens with one attached hydrogen (secondary N) is 1. The molecule has 0 spiro atoms. The molecule has 1 saturated heterocycles. The second-order valence-corrected chi connectivity index (χ2v) is 9.84. The topological polar surface area (TPSA) is 38.8 Å². The first-order chi connectivity index (χ1) is 15.7. The number of carbonyl (C=O) groups excluding carboxylic acids is 1. The van der Waals surface area contributed by atoms with E-state index in [0.717, 1.165) is 71.0 Å². The normalized spacial score (nSPS) is 26.5. The molecular formula is C24H38F3N4OP.